The first-order valence-electron chi connectivity index (χ1n) is 5.93. The van der Waals surface area contributed by atoms with E-state index in [9.17, 15) is 4.79 Å². The minimum atomic E-state index is 0.218. The van der Waals surface area contributed by atoms with Gasteiger partial charge in [0.2, 0.25) is 0 Å². The van der Waals surface area contributed by atoms with Crippen LogP contribution in [0.1, 0.15) is 46.0 Å². The number of hydrogen-bond acceptors (Lipinski definition) is 2. The van der Waals surface area contributed by atoms with Crippen LogP contribution in [0.2, 0.25) is 0 Å². The average Bonchev–Trinajstić information content (AvgIpc) is 2.18. The van der Waals surface area contributed by atoms with Crippen LogP contribution in [0.15, 0.2) is 0 Å². The van der Waals surface area contributed by atoms with Gasteiger partial charge in [-0.2, -0.15) is 0 Å². The van der Waals surface area contributed by atoms with Gasteiger partial charge in [0.05, 0.1) is 6.04 Å². The predicted octanol–water partition coefficient (Wildman–Crippen LogP) is 2.48. The second-order valence-electron chi connectivity index (χ2n) is 4.77. The number of carbonyl (C=O) groups is 1. The minimum absolute atomic E-state index is 0.218. The summed E-state index contributed by atoms with van der Waals surface area (Å²) < 4.78 is 0. The maximum Gasteiger partial charge on any atom is 0.137 e. The van der Waals surface area contributed by atoms with Crippen molar-refractivity contribution in [3.8, 4) is 0 Å². The van der Waals surface area contributed by atoms with Crippen molar-refractivity contribution in [1.29, 1.82) is 0 Å². The van der Waals surface area contributed by atoms with Crippen molar-refractivity contribution in [2.24, 2.45) is 5.92 Å². The molecule has 0 aliphatic carbocycles. The zero-order valence-corrected chi connectivity index (χ0v) is 9.54. The summed E-state index contributed by atoms with van der Waals surface area (Å²) >= 11 is 0. The molecule has 0 spiro atoms. The van der Waals surface area contributed by atoms with Gasteiger partial charge in [0.1, 0.15) is 6.29 Å². The van der Waals surface area contributed by atoms with E-state index in [4.69, 9.17) is 0 Å². The van der Waals surface area contributed by atoms with E-state index in [1.165, 1.54) is 25.7 Å². The van der Waals surface area contributed by atoms with Crippen LogP contribution in [0.4, 0.5) is 0 Å². The molecule has 82 valence electrons. The number of aldehydes is 1. The lowest BCUT2D eigenvalue weighted by Crippen LogP contribution is -2.41. The first kappa shape index (κ1) is 11.7. The second-order valence-corrected chi connectivity index (χ2v) is 4.77. The fraction of sp³-hybridized carbons (Fsp3) is 0.917. The van der Waals surface area contributed by atoms with Gasteiger partial charge in [-0.3, -0.25) is 4.90 Å². The number of nitrogens with zero attached hydrogens (tertiary/aromatic N) is 1. The Bertz CT molecular complexity index is 168. The van der Waals surface area contributed by atoms with E-state index in [-0.39, 0.29) is 6.04 Å². The molecule has 1 unspecified atom stereocenters. The highest BCUT2D eigenvalue weighted by Gasteiger charge is 2.20. The van der Waals surface area contributed by atoms with E-state index in [1.807, 2.05) is 0 Å². The van der Waals surface area contributed by atoms with E-state index in [0.29, 0.717) is 0 Å². The van der Waals surface area contributed by atoms with Crippen LogP contribution >= 0.6 is 0 Å². The maximum atomic E-state index is 10.8. The van der Waals surface area contributed by atoms with Gasteiger partial charge in [0.25, 0.3) is 0 Å². The molecule has 0 saturated carbocycles. The SMILES string of the molecule is CC(C)CCCN1CCCCC1C=O. The lowest BCUT2D eigenvalue weighted by atomic mass is 10.0. The van der Waals surface area contributed by atoms with Crippen molar-refractivity contribution in [2.75, 3.05) is 13.1 Å². The molecule has 0 aromatic heterocycles. The van der Waals surface area contributed by atoms with E-state index < -0.39 is 0 Å². The number of likely N-dealkylation sites (tertiary alicyclic amines) is 1. The molecule has 2 heteroatoms. The van der Waals surface area contributed by atoms with Crippen LogP contribution in [-0.2, 0) is 4.79 Å². The zero-order chi connectivity index (χ0) is 10.4. The summed E-state index contributed by atoms with van der Waals surface area (Å²) in [5, 5.41) is 0. The first-order valence-corrected chi connectivity index (χ1v) is 5.93. The fourth-order valence-electron chi connectivity index (χ4n) is 2.15. The van der Waals surface area contributed by atoms with Gasteiger partial charge < -0.3 is 4.79 Å². The van der Waals surface area contributed by atoms with Gasteiger partial charge >= 0.3 is 0 Å². The molecule has 0 amide bonds. The molecule has 1 fully saturated rings. The summed E-state index contributed by atoms with van der Waals surface area (Å²) in [5.41, 5.74) is 0. The monoisotopic (exact) mass is 197 g/mol. The van der Waals surface area contributed by atoms with Crippen LogP contribution < -0.4 is 0 Å². The fourth-order valence-corrected chi connectivity index (χ4v) is 2.15. The molecular formula is C12H23NO. The number of rotatable bonds is 5. The molecule has 2 nitrogen and oxygen atoms in total. The van der Waals surface area contributed by atoms with Crippen molar-refractivity contribution < 1.29 is 4.79 Å². The molecule has 0 aromatic carbocycles. The molecule has 1 aliphatic heterocycles. The molecule has 1 heterocycles. The van der Waals surface area contributed by atoms with Crippen molar-refractivity contribution in [1.82, 2.24) is 4.90 Å². The third-order valence-corrected chi connectivity index (χ3v) is 3.05. The van der Waals surface area contributed by atoms with Crippen LogP contribution in [0.3, 0.4) is 0 Å². The van der Waals surface area contributed by atoms with E-state index >= 15 is 0 Å². The number of piperidine rings is 1. The normalized spacial score (nSPS) is 24.1. The van der Waals surface area contributed by atoms with Crippen LogP contribution in [0.5, 0.6) is 0 Å². The number of hydrogen-bond donors (Lipinski definition) is 0. The molecule has 0 N–H and O–H groups in total. The molecule has 1 atom stereocenters. The third-order valence-electron chi connectivity index (χ3n) is 3.05. The van der Waals surface area contributed by atoms with E-state index in [2.05, 4.69) is 18.7 Å². The molecular weight excluding hydrogens is 174 g/mol. The highest BCUT2D eigenvalue weighted by molar-refractivity contribution is 5.57. The van der Waals surface area contributed by atoms with E-state index in [0.717, 1.165) is 31.7 Å². The average molecular weight is 197 g/mol. The van der Waals surface area contributed by atoms with Crippen molar-refractivity contribution >= 4 is 6.29 Å². The summed E-state index contributed by atoms with van der Waals surface area (Å²) in [6.07, 6.45) is 7.22. The van der Waals surface area contributed by atoms with Gasteiger partial charge in [-0.05, 0) is 44.7 Å². The van der Waals surface area contributed by atoms with Gasteiger partial charge in [-0.25, -0.2) is 0 Å². The molecule has 1 rings (SSSR count). The molecule has 14 heavy (non-hydrogen) atoms. The molecule has 1 aliphatic rings. The Morgan fingerprint density at radius 2 is 2.21 bits per heavy atom. The predicted molar refractivity (Wildman–Crippen MR) is 59.3 cm³/mol. The Hall–Kier alpha value is -0.370. The molecule has 0 radical (unpaired) electrons. The number of carbonyl (C=O) groups excluding carboxylic acids is 1. The second kappa shape index (κ2) is 6.18. The molecule has 0 aromatic rings. The topological polar surface area (TPSA) is 20.3 Å². The molecule has 1 saturated heterocycles. The summed E-state index contributed by atoms with van der Waals surface area (Å²) in [6, 6.07) is 0.218. The summed E-state index contributed by atoms with van der Waals surface area (Å²) in [6.45, 7) is 6.75. The summed E-state index contributed by atoms with van der Waals surface area (Å²) in [7, 11) is 0. The highest BCUT2D eigenvalue weighted by Crippen LogP contribution is 2.16. The van der Waals surface area contributed by atoms with Gasteiger partial charge in [0, 0.05) is 0 Å². The quantitative estimate of drug-likeness (QED) is 0.631. The lowest BCUT2D eigenvalue weighted by molar-refractivity contribution is -0.113. The zero-order valence-electron chi connectivity index (χ0n) is 9.54. The standard InChI is InChI=1S/C12H23NO/c1-11(2)6-5-9-13-8-4-3-7-12(13)10-14/h10-12H,3-9H2,1-2H3. The third kappa shape index (κ3) is 3.79. The highest BCUT2D eigenvalue weighted by atomic mass is 16.1. The van der Waals surface area contributed by atoms with Crippen LogP contribution in [-0.4, -0.2) is 30.3 Å². The smallest absolute Gasteiger partial charge is 0.137 e. The van der Waals surface area contributed by atoms with Gasteiger partial charge in [-0.1, -0.05) is 20.3 Å². The largest absolute Gasteiger partial charge is 0.302 e. The van der Waals surface area contributed by atoms with E-state index in [1.54, 1.807) is 0 Å². The molecule has 0 bridgehead atoms. The summed E-state index contributed by atoms with van der Waals surface area (Å²) in [5.74, 6) is 0.787. The van der Waals surface area contributed by atoms with Crippen molar-refractivity contribution in [3.05, 3.63) is 0 Å². The Morgan fingerprint density at radius 1 is 1.43 bits per heavy atom. The first-order chi connectivity index (χ1) is 6.74. The van der Waals surface area contributed by atoms with Crippen molar-refractivity contribution in [2.45, 2.75) is 52.0 Å². The Balaban J connectivity index is 2.23. The Morgan fingerprint density at radius 3 is 2.86 bits per heavy atom. The Kier molecular flexibility index (Phi) is 5.16. The van der Waals surface area contributed by atoms with Crippen LogP contribution in [0.25, 0.3) is 0 Å². The minimum Gasteiger partial charge on any atom is -0.302 e. The summed E-state index contributed by atoms with van der Waals surface area (Å²) in [4.78, 5) is 13.2. The Labute approximate surface area is 87.7 Å². The van der Waals surface area contributed by atoms with Gasteiger partial charge in [-0.15, -0.1) is 0 Å². The van der Waals surface area contributed by atoms with Crippen molar-refractivity contribution in [3.63, 3.8) is 0 Å². The maximum absolute atomic E-state index is 10.8. The lowest BCUT2D eigenvalue weighted by Gasteiger charge is -2.32. The van der Waals surface area contributed by atoms with Gasteiger partial charge in [0.15, 0.2) is 0 Å². The van der Waals surface area contributed by atoms with Crippen LogP contribution in [0, 0.1) is 5.92 Å².